The van der Waals surface area contributed by atoms with Crippen molar-refractivity contribution >= 4 is 0 Å². The highest BCUT2D eigenvalue weighted by atomic mass is 19.4. The molecule has 22 heavy (non-hydrogen) atoms. The van der Waals surface area contributed by atoms with Gasteiger partial charge in [-0.15, -0.1) is 0 Å². The number of hydrogen-bond acceptors (Lipinski definition) is 2. The first-order valence-electron chi connectivity index (χ1n) is 8.04. The van der Waals surface area contributed by atoms with Gasteiger partial charge in [-0.25, -0.2) is 0 Å². The molecule has 0 aromatic heterocycles. The third-order valence-corrected chi connectivity index (χ3v) is 5.08. The summed E-state index contributed by atoms with van der Waals surface area (Å²) in [5, 5.41) is 10.3. The topological polar surface area (TPSA) is 23.5 Å². The van der Waals surface area contributed by atoms with Crippen LogP contribution in [0.4, 0.5) is 13.2 Å². The second-order valence-electron chi connectivity index (χ2n) is 6.51. The minimum Gasteiger partial charge on any atom is -0.391 e. The van der Waals surface area contributed by atoms with Gasteiger partial charge in [0.05, 0.1) is 11.7 Å². The summed E-state index contributed by atoms with van der Waals surface area (Å²) in [6, 6.07) is 5.78. The summed E-state index contributed by atoms with van der Waals surface area (Å²) in [6.45, 7) is 1.99. The third kappa shape index (κ3) is 3.30. The van der Waals surface area contributed by atoms with Gasteiger partial charge in [0.2, 0.25) is 0 Å². The average molecular weight is 313 g/mol. The molecule has 1 aliphatic heterocycles. The molecule has 0 unspecified atom stereocenters. The second kappa shape index (κ2) is 6.20. The molecule has 0 spiro atoms. The molecule has 3 atom stereocenters. The maximum atomic E-state index is 12.9. The highest BCUT2D eigenvalue weighted by Gasteiger charge is 2.36. The zero-order valence-corrected chi connectivity index (χ0v) is 12.5. The number of aliphatic hydroxyl groups excluding tert-OH is 1. The van der Waals surface area contributed by atoms with Crippen LogP contribution in [-0.2, 0) is 6.18 Å². The van der Waals surface area contributed by atoms with Gasteiger partial charge in [0, 0.05) is 6.04 Å². The fourth-order valence-corrected chi connectivity index (χ4v) is 3.87. The molecule has 1 saturated heterocycles. The number of hydrogen-bond donors (Lipinski definition) is 1. The summed E-state index contributed by atoms with van der Waals surface area (Å²) < 4.78 is 38.6. The molecule has 1 heterocycles. The van der Waals surface area contributed by atoms with Gasteiger partial charge in [-0.05, 0) is 62.7 Å². The van der Waals surface area contributed by atoms with Crippen molar-refractivity contribution in [2.75, 3.05) is 13.1 Å². The number of halogens is 3. The Morgan fingerprint density at radius 1 is 1.09 bits per heavy atom. The quantitative estimate of drug-likeness (QED) is 0.898. The molecule has 1 aromatic carbocycles. The Bertz CT molecular complexity index is 511. The van der Waals surface area contributed by atoms with Gasteiger partial charge in [-0.2, -0.15) is 13.2 Å². The van der Waals surface area contributed by atoms with E-state index in [1.165, 1.54) is 12.1 Å². The monoisotopic (exact) mass is 313 g/mol. The van der Waals surface area contributed by atoms with Crippen LogP contribution in [0.3, 0.4) is 0 Å². The van der Waals surface area contributed by atoms with Crippen LogP contribution < -0.4 is 0 Å². The third-order valence-electron chi connectivity index (χ3n) is 5.08. The minimum atomic E-state index is -4.29. The van der Waals surface area contributed by atoms with Crippen molar-refractivity contribution in [3.63, 3.8) is 0 Å². The maximum absolute atomic E-state index is 12.9. The Balaban J connectivity index is 1.77. The van der Waals surface area contributed by atoms with E-state index in [2.05, 4.69) is 4.90 Å². The average Bonchev–Trinajstić information content (AvgIpc) is 3.01. The Morgan fingerprint density at radius 3 is 2.50 bits per heavy atom. The van der Waals surface area contributed by atoms with Crippen LogP contribution in [0.1, 0.15) is 49.1 Å². The Hall–Kier alpha value is -1.07. The molecule has 1 N–H and O–H groups in total. The summed E-state index contributed by atoms with van der Waals surface area (Å²) in [7, 11) is 0. The Morgan fingerprint density at radius 2 is 1.82 bits per heavy atom. The van der Waals surface area contributed by atoms with Crippen molar-refractivity contribution in [3.05, 3.63) is 35.4 Å². The van der Waals surface area contributed by atoms with Crippen LogP contribution in [0.25, 0.3) is 0 Å². The van der Waals surface area contributed by atoms with Crippen LogP contribution >= 0.6 is 0 Å². The molecular formula is C17H22F3NO. The van der Waals surface area contributed by atoms with Crippen LogP contribution in [0.2, 0.25) is 0 Å². The van der Waals surface area contributed by atoms with E-state index in [4.69, 9.17) is 0 Å². The molecule has 2 aliphatic rings. The molecule has 0 bridgehead atoms. The molecule has 1 aromatic rings. The van der Waals surface area contributed by atoms with E-state index in [9.17, 15) is 18.3 Å². The first-order valence-corrected chi connectivity index (χ1v) is 8.04. The van der Waals surface area contributed by atoms with Gasteiger partial charge in [-0.3, -0.25) is 4.90 Å². The van der Waals surface area contributed by atoms with Crippen LogP contribution in [0.5, 0.6) is 0 Å². The number of alkyl halides is 3. The molecule has 2 nitrogen and oxygen atoms in total. The van der Waals surface area contributed by atoms with Crippen LogP contribution in [0.15, 0.2) is 24.3 Å². The summed E-state index contributed by atoms with van der Waals surface area (Å²) in [5.74, 6) is 0.108. The summed E-state index contributed by atoms with van der Waals surface area (Å²) in [6.07, 6.45) is -0.162. The first-order chi connectivity index (χ1) is 10.4. The highest BCUT2D eigenvalue weighted by Crippen LogP contribution is 2.38. The van der Waals surface area contributed by atoms with Crippen molar-refractivity contribution in [2.45, 2.75) is 56.3 Å². The van der Waals surface area contributed by atoms with Crippen molar-refractivity contribution in [3.8, 4) is 0 Å². The minimum absolute atomic E-state index is 0.0933. The summed E-state index contributed by atoms with van der Waals surface area (Å²) in [5.41, 5.74) is 0.180. The fourth-order valence-electron chi connectivity index (χ4n) is 3.87. The van der Waals surface area contributed by atoms with Gasteiger partial charge in [0.1, 0.15) is 0 Å². The Kier molecular flexibility index (Phi) is 4.46. The molecule has 1 saturated carbocycles. The maximum Gasteiger partial charge on any atom is 0.416 e. The number of rotatable bonds is 2. The van der Waals surface area contributed by atoms with Gasteiger partial charge in [-0.1, -0.05) is 18.2 Å². The van der Waals surface area contributed by atoms with Gasteiger partial charge < -0.3 is 5.11 Å². The predicted octanol–water partition coefficient (Wildman–Crippen LogP) is 3.80. The van der Waals surface area contributed by atoms with E-state index < -0.39 is 11.7 Å². The highest BCUT2D eigenvalue weighted by molar-refractivity contribution is 5.29. The molecule has 122 valence electrons. The number of nitrogens with zero attached hydrogens (tertiary/aromatic N) is 1. The van der Waals surface area contributed by atoms with E-state index in [1.807, 2.05) is 0 Å². The lowest BCUT2D eigenvalue weighted by Crippen LogP contribution is -2.45. The molecule has 5 heteroatoms. The number of likely N-dealkylation sites (tertiary alicyclic amines) is 1. The molecule has 3 rings (SSSR count). The van der Waals surface area contributed by atoms with Crippen molar-refractivity contribution < 1.29 is 18.3 Å². The summed E-state index contributed by atoms with van der Waals surface area (Å²) >= 11 is 0. The van der Waals surface area contributed by atoms with E-state index in [0.717, 1.165) is 50.4 Å². The predicted molar refractivity (Wildman–Crippen MR) is 78.6 cm³/mol. The molecular weight excluding hydrogens is 291 g/mol. The lowest BCUT2D eigenvalue weighted by molar-refractivity contribution is -0.137. The smallest absolute Gasteiger partial charge is 0.391 e. The lowest BCUT2D eigenvalue weighted by Gasteiger charge is -2.39. The molecule has 0 radical (unpaired) electrons. The second-order valence-corrected chi connectivity index (χ2v) is 6.51. The largest absolute Gasteiger partial charge is 0.416 e. The van der Waals surface area contributed by atoms with E-state index in [1.54, 1.807) is 6.07 Å². The van der Waals surface area contributed by atoms with Crippen molar-refractivity contribution in [2.24, 2.45) is 0 Å². The van der Waals surface area contributed by atoms with Crippen molar-refractivity contribution in [1.82, 2.24) is 4.90 Å². The standard InChI is InChI=1S/C17H22F3NO/c18-17(19,20)14-5-3-4-12(10-14)13-6-7-16(22)15(11-13)21-8-1-2-9-21/h3-5,10,13,15-16,22H,1-2,6-9,11H2/t13-,15-,16-/m0/s1. The van der Waals surface area contributed by atoms with Gasteiger partial charge in [0.25, 0.3) is 0 Å². The van der Waals surface area contributed by atoms with Crippen LogP contribution in [0, 0.1) is 0 Å². The lowest BCUT2D eigenvalue weighted by atomic mass is 9.79. The molecule has 1 aliphatic carbocycles. The normalized spacial score (nSPS) is 30.6. The zero-order chi connectivity index (χ0) is 15.7. The zero-order valence-electron chi connectivity index (χ0n) is 12.5. The fraction of sp³-hybridized carbons (Fsp3) is 0.647. The number of aliphatic hydroxyl groups is 1. The Labute approximate surface area is 128 Å². The van der Waals surface area contributed by atoms with Crippen LogP contribution in [-0.4, -0.2) is 35.2 Å². The summed E-state index contributed by atoms with van der Waals surface area (Å²) in [4.78, 5) is 2.31. The van der Waals surface area contributed by atoms with E-state index in [-0.39, 0.29) is 18.1 Å². The van der Waals surface area contributed by atoms with Crippen molar-refractivity contribution in [1.29, 1.82) is 0 Å². The SMILES string of the molecule is O[C@H]1CC[C@H](c2cccc(C(F)(F)F)c2)C[C@@H]1N1CCCC1. The molecule has 2 fully saturated rings. The first kappa shape index (κ1) is 15.8. The van der Waals surface area contributed by atoms with Gasteiger partial charge in [0.15, 0.2) is 0 Å². The number of benzene rings is 1. The van der Waals surface area contributed by atoms with E-state index in [0.29, 0.717) is 6.42 Å². The van der Waals surface area contributed by atoms with Gasteiger partial charge >= 0.3 is 6.18 Å². The van der Waals surface area contributed by atoms with E-state index >= 15 is 0 Å². The molecule has 0 amide bonds.